The first kappa shape index (κ1) is 12.6. The minimum atomic E-state index is 0.470. The number of hydrogen-bond acceptors (Lipinski definition) is 1. The van der Waals surface area contributed by atoms with Gasteiger partial charge in [0.15, 0.2) is 0 Å². The highest BCUT2D eigenvalue weighted by atomic mass is 16.5. The maximum Gasteiger partial charge on any atom is 0.0918 e. The van der Waals surface area contributed by atoms with Gasteiger partial charge < -0.3 is 4.74 Å². The third kappa shape index (κ3) is 3.55. The van der Waals surface area contributed by atoms with E-state index in [0.29, 0.717) is 11.3 Å². The molecule has 0 N–H and O–H groups in total. The third-order valence-corrected chi connectivity index (χ3v) is 3.74. The van der Waals surface area contributed by atoms with Crippen molar-refractivity contribution in [3.8, 4) is 0 Å². The van der Waals surface area contributed by atoms with Crippen molar-refractivity contribution in [1.82, 2.24) is 0 Å². The molecule has 1 rings (SSSR count). The van der Waals surface area contributed by atoms with Crippen LogP contribution in [0.3, 0.4) is 0 Å². The molecule has 0 aromatic heterocycles. The summed E-state index contributed by atoms with van der Waals surface area (Å²) in [5, 5.41) is 0. The lowest BCUT2D eigenvalue weighted by Gasteiger charge is -2.37. The van der Waals surface area contributed by atoms with Crippen molar-refractivity contribution < 1.29 is 4.74 Å². The molecule has 0 aromatic carbocycles. The zero-order valence-electron chi connectivity index (χ0n) is 10.8. The largest absolute Gasteiger partial charge is 0.499 e. The van der Waals surface area contributed by atoms with Crippen molar-refractivity contribution in [2.24, 2.45) is 17.3 Å². The lowest BCUT2D eigenvalue weighted by atomic mass is 9.69. The van der Waals surface area contributed by atoms with Crippen LogP contribution in [0.4, 0.5) is 0 Å². The Hall–Kier alpha value is -0.460. The van der Waals surface area contributed by atoms with E-state index in [4.69, 9.17) is 4.74 Å². The average Bonchev–Trinajstić information content (AvgIpc) is 2.17. The Morgan fingerprint density at radius 1 is 1.20 bits per heavy atom. The Balaban J connectivity index is 2.39. The van der Waals surface area contributed by atoms with Crippen LogP contribution in [0.25, 0.3) is 0 Å². The third-order valence-electron chi connectivity index (χ3n) is 3.74. The summed E-state index contributed by atoms with van der Waals surface area (Å²) in [6.07, 6.45) is 5.20. The number of ether oxygens (including phenoxy) is 1. The second-order valence-electron chi connectivity index (χ2n) is 5.81. The molecule has 0 unspecified atom stereocenters. The topological polar surface area (TPSA) is 9.23 Å². The highest BCUT2D eigenvalue weighted by Crippen LogP contribution is 2.41. The zero-order valence-corrected chi connectivity index (χ0v) is 10.8. The quantitative estimate of drug-likeness (QED) is 0.628. The molecule has 1 heteroatoms. The molecule has 0 aromatic rings. The van der Waals surface area contributed by atoms with Crippen molar-refractivity contribution >= 4 is 0 Å². The highest BCUT2D eigenvalue weighted by Gasteiger charge is 2.30. The monoisotopic (exact) mass is 210 g/mol. The first-order valence-electron chi connectivity index (χ1n) is 6.26. The molecule has 0 aliphatic heterocycles. The van der Waals surface area contributed by atoms with Crippen LogP contribution in [-0.2, 0) is 4.74 Å². The molecular formula is C14H26O. The van der Waals surface area contributed by atoms with Gasteiger partial charge in [-0.2, -0.15) is 0 Å². The molecule has 0 bridgehead atoms. The van der Waals surface area contributed by atoms with Crippen molar-refractivity contribution in [1.29, 1.82) is 0 Å². The molecule has 15 heavy (non-hydrogen) atoms. The van der Waals surface area contributed by atoms with Crippen LogP contribution in [-0.4, -0.2) is 6.61 Å². The Labute approximate surface area is 94.9 Å². The maximum absolute atomic E-state index is 5.51. The van der Waals surface area contributed by atoms with E-state index in [1.165, 1.54) is 25.7 Å². The van der Waals surface area contributed by atoms with Gasteiger partial charge in [0, 0.05) is 5.92 Å². The lowest BCUT2D eigenvalue weighted by molar-refractivity contribution is 0.121. The molecule has 0 radical (unpaired) electrons. The van der Waals surface area contributed by atoms with Crippen molar-refractivity contribution in [2.75, 3.05) is 6.61 Å². The summed E-state index contributed by atoms with van der Waals surface area (Å²) in [7, 11) is 0. The van der Waals surface area contributed by atoms with Gasteiger partial charge in [0.25, 0.3) is 0 Å². The van der Waals surface area contributed by atoms with Gasteiger partial charge in [-0.05, 0) is 43.9 Å². The van der Waals surface area contributed by atoms with E-state index < -0.39 is 0 Å². The zero-order chi connectivity index (χ0) is 11.5. The second-order valence-corrected chi connectivity index (χ2v) is 5.81. The minimum absolute atomic E-state index is 0.470. The first-order chi connectivity index (χ1) is 6.95. The summed E-state index contributed by atoms with van der Waals surface area (Å²) in [6, 6.07) is 0. The van der Waals surface area contributed by atoms with Crippen molar-refractivity contribution in [3.63, 3.8) is 0 Å². The van der Waals surface area contributed by atoms with Gasteiger partial charge in [-0.3, -0.25) is 0 Å². The smallest absolute Gasteiger partial charge is 0.0918 e. The fourth-order valence-electron chi connectivity index (χ4n) is 2.58. The second kappa shape index (κ2) is 5.05. The van der Waals surface area contributed by atoms with E-state index in [9.17, 15) is 0 Å². The number of hydrogen-bond donors (Lipinski definition) is 0. The van der Waals surface area contributed by atoms with Crippen LogP contribution < -0.4 is 0 Å². The molecule has 0 spiro atoms. The molecule has 1 fully saturated rings. The molecule has 1 aliphatic rings. The number of rotatable bonds is 3. The SMILES string of the molecule is C=C(OCC)C1CCC(C(C)(C)C)CC1. The van der Waals surface area contributed by atoms with Crippen LogP contribution in [0.5, 0.6) is 0 Å². The van der Waals surface area contributed by atoms with Gasteiger partial charge >= 0.3 is 0 Å². The maximum atomic E-state index is 5.51. The molecule has 1 nitrogen and oxygen atoms in total. The van der Waals surface area contributed by atoms with Crippen LogP contribution in [0.2, 0.25) is 0 Å². The predicted octanol–water partition coefficient (Wildman–Crippen LogP) is 4.39. The van der Waals surface area contributed by atoms with Crippen molar-refractivity contribution in [3.05, 3.63) is 12.3 Å². The lowest BCUT2D eigenvalue weighted by Crippen LogP contribution is -2.26. The molecule has 0 atom stereocenters. The molecule has 0 saturated heterocycles. The van der Waals surface area contributed by atoms with E-state index >= 15 is 0 Å². The normalized spacial score (nSPS) is 27.5. The van der Waals surface area contributed by atoms with Crippen molar-refractivity contribution in [2.45, 2.75) is 53.4 Å². The van der Waals surface area contributed by atoms with Gasteiger partial charge in [0.05, 0.1) is 12.4 Å². The first-order valence-corrected chi connectivity index (χ1v) is 6.26. The fraction of sp³-hybridized carbons (Fsp3) is 0.857. The van der Waals surface area contributed by atoms with E-state index in [1.54, 1.807) is 0 Å². The van der Waals surface area contributed by atoms with E-state index in [-0.39, 0.29) is 0 Å². The van der Waals surface area contributed by atoms with Gasteiger partial charge in [-0.25, -0.2) is 0 Å². The van der Waals surface area contributed by atoms with Crippen LogP contribution >= 0.6 is 0 Å². The summed E-state index contributed by atoms with van der Waals surface area (Å²) in [5.41, 5.74) is 0.470. The molecule has 0 amide bonds. The average molecular weight is 210 g/mol. The molecule has 0 heterocycles. The summed E-state index contributed by atoms with van der Waals surface area (Å²) >= 11 is 0. The summed E-state index contributed by atoms with van der Waals surface area (Å²) in [6.45, 7) is 13.9. The van der Waals surface area contributed by atoms with Gasteiger partial charge in [0.2, 0.25) is 0 Å². The van der Waals surface area contributed by atoms with Crippen LogP contribution in [0.15, 0.2) is 12.3 Å². The molecule has 1 saturated carbocycles. The molecule has 88 valence electrons. The fourth-order valence-corrected chi connectivity index (χ4v) is 2.58. The summed E-state index contributed by atoms with van der Waals surface area (Å²) < 4.78 is 5.51. The van der Waals surface area contributed by atoms with Crippen LogP contribution in [0, 0.1) is 17.3 Å². The Bertz CT molecular complexity index is 204. The number of allylic oxidation sites excluding steroid dienone is 1. The molecule has 1 aliphatic carbocycles. The Morgan fingerprint density at radius 3 is 2.13 bits per heavy atom. The standard InChI is InChI=1S/C14H26O/c1-6-15-11(2)12-7-9-13(10-8-12)14(3,4)5/h12-13H,2,6-10H2,1,3-5H3. The van der Waals surface area contributed by atoms with E-state index in [2.05, 4.69) is 27.4 Å². The van der Waals surface area contributed by atoms with Gasteiger partial charge in [0.1, 0.15) is 0 Å². The van der Waals surface area contributed by atoms with E-state index in [0.717, 1.165) is 18.3 Å². The highest BCUT2D eigenvalue weighted by molar-refractivity contribution is 4.95. The summed E-state index contributed by atoms with van der Waals surface area (Å²) in [5.74, 6) is 2.51. The Kier molecular flexibility index (Phi) is 4.24. The van der Waals surface area contributed by atoms with E-state index in [1.807, 2.05) is 6.92 Å². The van der Waals surface area contributed by atoms with Gasteiger partial charge in [-0.15, -0.1) is 0 Å². The Morgan fingerprint density at radius 2 is 1.73 bits per heavy atom. The summed E-state index contributed by atoms with van der Waals surface area (Å²) in [4.78, 5) is 0. The molecular weight excluding hydrogens is 184 g/mol. The predicted molar refractivity (Wildman–Crippen MR) is 65.7 cm³/mol. The minimum Gasteiger partial charge on any atom is -0.499 e. The van der Waals surface area contributed by atoms with Gasteiger partial charge in [-0.1, -0.05) is 27.4 Å². The van der Waals surface area contributed by atoms with Crippen LogP contribution in [0.1, 0.15) is 53.4 Å².